The van der Waals surface area contributed by atoms with Gasteiger partial charge in [0.25, 0.3) is 0 Å². The van der Waals surface area contributed by atoms with Crippen molar-refractivity contribution in [3.8, 4) is 17.2 Å². The summed E-state index contributed by atoms with van der Waals surface area (Å²) in [5.41, 5.74) is 2.34. The summed E-state index contributed by atoms with van der Waals surface area (Å²) in [5, 5.41) is 2.83. The molecule has 1 saturated heterocycles. The van der Waals surface area contributed by atoms with E-state index in [0.29, 0.717) is 23.4 Å². The van der Waals surface area contributed by atoms with Crippen LogP contribution in [0.3, 0.4) is 0 Å². The minimum Gasteiger partial charge on any atom is -0.495 e. The third-order valence-corrected chi connectivity index (χ3v) is 5.28. The zero-order chi connectivity index (χ0) is 23.3. The van der Waals surface area contributed by atoms with Gasteiger partial charge < -0.3 is 24.4 Å². The van der Waals surface area contributed by atoms with Crippen LogP contribution in [0.1, 0.15) is 17.5 Å². The average Bonchev–Trinajstić information content (AvgIpc) is 3.15. The highest BCUT2D eigenvalue weighted by atomic mass is 19.3. The van der Waals surface area contributed by atoms with Crippen molar-refractivity contribution in [1.29, 1.82) is 0 Å². The second kappa shape index (κ2) is 10.3. The molecule has 172 valence electrons. The number of benzene rings is 2. The molecule has 2 aromatic carbocycles. The molecule has 1 atom stereocenters. The van der Waals surface area contributed by atoms with Gasteiger partial charge in [-0.15, -0.1) is 0 Å². The Kier molecular flexibility index (Phi) is 7.50. The first-order valence-corrected chi connectivity index (χ1v) is 10.2. The van der Waals surface area contributed by atoms with E-state index < -0.39 is 12.5 Å². The second-order valence-electron chi connectivity index (χ2n) is 7.49. The molecule has 0 aliphatic carbocycles. The number of hydrogen-bond donors (Lipinski definition) is 1. The maximum Gasteiger partial charge on any atom is 0.387 e. The van der Waals surface area contributed by atoms with E-state index in [1.165, 1.54) is 26.4 Å². The van der Waals surface area contributed by atoms with Crippen molar-refractivity contribution in [2.45, 2.75) is 26.4 Å². The lowest BCUT2D eigenvalue weighted by atomic mass is 10.1. The molecule has 0 radical (unpaired) electrons. The van der Waals surface area contributed by atoms with Crippen LogP contribution in [0.5, 0.6) is 17.2 Å². The molecule has 1 aliphatic rings. The fourth-order valence-corrected chi connectivity index (χ4v) is 3.67. The first-order valence-electron chi connectivity index (χ1n) is 10.2. The van der Waals surface area contributed by atoms with E-state index in [-0.39, 0.29) is 42.8 Å². The molecule has 9 heteroatoms. The van der Waals surface area contributed by atoms with Crippen molar-refractivity contribution in [2.24, 2.45) is 5.92 Å². The number of halogens is 2. The summed E-state index contributed by atoms with van der Waals surface area (Å²) in [7, 11) is 2.90. The lowest BCUT2D eigenvalue weighted by Crippen LogP contribution is -2.34. The number of nitrogens with one attached hydrogen (secondary N) is 1. The van der Waals surface area contributed by atoms with Crippen molar-refractivity contribution < 1.29 is 32.6 Å². The minimum absolute atomic E-state index is 0.0598. The molecule has 0 spiro atoms. The number of rotatable bonds is 9. The first kappa shape index (κ1) is 23.3. The van der Waals surface area contributed by atoms with Gasteiger partial charge >= 0.3 is 6.61 Å². The molecular formula is C23H26F2N2O5. The molecule has 2 amide bonds. The normalized spacial score (nSPS) is 15.8. The standard InChI is InChI=1S/C23H26F2N2O5/c1-14-4-6-18(30-2)17(10-14)27-13-16(12-21(27)28)22(29)26-9-8-15-5-7-19(31-3)20(11-15)32-23(24)25/h4-7,10-11,16,23H,8-9,12-13H2,1-3H3,(H,26,29). The van der Waals surface area contributed by atoms with Crippen molar-refractivity contribution in [2.75, 3.05) is 32.2 Å². The topological polar surface area (TPSA) is 77.1 Å². The van der Waals surface area contributed by atoms with Crippen molar-refractivity contribution in [1.82, 2.24) is 5.32 Å². The summed E-state index contributed by atoms with van der Waals surface area (Å²) >= 11 is 0. The summed E-state index contributed by atoms with van der Waals surface area (Å²) in [5.74, 6) is -0.139. The van der Waals surface area contributed by atoms with Gasteiger partial charge in [-0.2, -0.15) is 8.78 Å². The number of alkyl halides is 2. The predicted octanol–water partition coefficient (Wildman–Crippen LogP) is 3.33. The molecule has 0 aromatic heterocycles. The third kappa shape index (κ3) is 5.46. The predicted molar refractivity (Wildman–Crippen MR) is 115 cm³/mol. The third-order valence-electron chi connectivity index (χ3n) is 5.28. The Morgan fingerprint density at radius 2 is 1.84 bits per heavy atom. The fraction of sp³-hybridized carbons (Fsp3) is 0.391. The Morgan fingerprint density at radius 3 is 2.53 bits per heavy atom. The molecule has 0 saturated carbocycles. The van der Waals surface area contributed by atoms with Crippen molar-refractivity contribution >= 4 is 17.5 Å². The van der Waals surface area contributed by atoms with Crippen LogP contribution < -0.4 is 24.4 Å². The Bertz CT molecular complexity index is 983. The lowest BCUT2D eigenvalue weighted by molar-refractivity contribution is -0.126. The van der Waals surface area contributed by atoms with Gasteiger partial charge in [-0.05, 0) is 48.7 Å². The van der Waals surface area contributed by atoms with Crippen LogP contribution in [-0.4, -0.2) is 45.7 Å². The average molecular weight is 448 g/mol. The van der Waals surface area contributed by atoms with E-state index in [4.69, 9.17) is 9.47 Å². The molecule has 1 heterocycles. The van der Waals surface area contributed by atoms with Crippen molar-refractivity contribution in [3.63, 3.8) is 0 Å². The highest BCUT2D eigenvalue weighted by Gasteiger charge is 2.36. The number of amides is 2. The lowest BCUT2D eigenvalue weighted by Gasteiger charge is -2.20. The van der Waals surface area contributed by atoms with Gasteiger partial charge in [-0.25, -0.2) is 0 Å². The van der Waals surface area contributed by atoms with Crippen LogP contribution in [0.2, 0.25) is 0 Å². The Balaban J connectivity index is 1.58. The number of methoxy groups -OCH3 is 2. The molecule has 1 aliphatic heterocycles. The van der Waals surface area contributed by atoms with E-state index in [0.717, 1.165) is 5.56 Å². The van der Waals surface area contributed by atoms with Crippen LogP contribution >= 0.6 is 0 Å². The van der Waals surface area contributed by atoms with E-state index in [1.54, 1.807) is 17.0 Å². The molecule has 32 heavy (non-hydrogen) atoms. The Morgan fingerprint density at radius 1 is 1.12 bits per heavy atom. The molecule has 7 nitrogen and oxygen atoms in total. The van der Waals surface area contributed by atoms with Crippen molar-refractivity contribution in [3.05, 3.63) is 47.5 Å². The van der Waals surface area contributed by atoms with E-state index in [2.05, 4.69) is 10.1 Å². The van der Waals surface area contributed by atoms with Gasteiger partial charge in [-0.3, -0.25) is 9.59 Å². The van der Waals surface area contributed by atoms with E-state index in [9.17, 15) is 18.4 Å². The van der Waals surface area contributed by atoms with Gasteiger partial charge in [-0.1, -0.05) is 12.1 Å². The molecular weight excluding hydrogens is 422 g/mol. The minimum atomic E-state index is -2.96. The molecule has 2 aromatic rings. The number of ether oxygens (including phenoxy) is 3. The van der Waals surface area contributed by atoms with Gasteiger partial charge in [0, 0.05) is 19.5 Å². The zero-order valence-electron chi connectivity index (χ0n) is 18.2. The van der Waals surface area contributed by atoms with Crippen LogP contribution in [0.4, 0.5) is 14.5 Å². The number of aryl methyl sites for hydroxylation is 1. The summed E-state index contributed by atoms with van der Waals surface area (Å²) < 4.78 is 40.0. The SMILES string of the molecule is COc1ccc(CCNC(=O)C2CC(=O)N(c3cc(C)ccc3OC)C2)cc1OC(F)F. The van der Waals surface area contributed by atoms with Gasteiger partial charge in [0.15, 0.2) is 11.5 Å². The molecule has 0 bridgehead atoms. The van der Waals surface area contributed by atoms with Gasteiger partial charge in [0.1, 0.15) is 5.75 Å². The molecule has 1 unspecified atom stereocenters. The van der Waals surface area contributed by atoms with Gasteiger partial charge in [0.2, 0.25) is 11.8 Å². The highest BCUT2D eigenvalue weighted by Crippen LogP contribution is 2.34. The number of carbonyl (C=O) groups is 2. The first-order chi connectivity index (χ1) is 15.3. The van der Waals surface area contributed by atoms with Crippen LogP contribution in [0, 0.1) is 12.8 Å². The summed E-state index contributed by atoms with van der Waals surface area (Å²) in [6.45, 7) is -0.490. The summed E-state index contributed by atoms with van der Waals surface area (Å²) in [6, 6.07) is 10.3. The largest absolute Gasteiger partial charge is 0.495 e. The molecule has 1 fully saturated rings. The molecule has 1 N–H and O–H groups in total. The number of nitrogens with zero attached hydrogens (tertiary/aromatic N) is 1. The second-order valence-corrected chi connectivity index (χ2v) is 7.49. The zero-order valence-corrected chi connectivity index (χ0v) is 18.2. The summed E-state index contributed by atoms with van der Waals surface area (Å²) in [6.07, 6.45) is 0.517. The molecule has 3 rings (SSSR count). The highest BCUT2D eigenvalue weighted by molar-refractivity contribution is 6.01. The Hall–Kier alpha value is -3.36. The maximum absolute atomic E-state index is 12.6. The van der Waals surface area contributed by atoms with Crippen LogP contribution in [0.25, 0.3) is 0 Å². The number of hydrogen-bond acceptors (Lipinski definition) is 5. The number of carbonyl (C=O) groups excluding carboxylic acids is 2. The van der Waals surface area contributed by atoms with Crippen LogP contribution in [0.15, 0.2) is 36.4 Å². The van der Waals surface area contributed by atoms with Crippen LogP contribution in [-0.2, 0) is 16.0 Å². The monoisotopic (exact) mass is 448 g/mol. The Labute approximate surface area is 185 Å². The number of anilines is 1. The van der Waals surface area contributed by atoms with E-state index in [1.807, 2.05) is 19.1 Å². The van der Waals surface area contributed by atoms with E-state index >= 15 is 0 Å². The van der Waals surface area contributed by atoms with Gasteiger partial charge in [0.05, 0.1) is 25.8 Å². The quantitative estimate of drug-likeness (QED) is 0.637. The maximum atomic E-state index is 12.6. The smallest absolute Gasteiger partial charge is 0.387 e. The fourth-order valence-electron chi connectivity index (χ4n) is 3.67. The summed E-state index contributed by atoms with van der Waals surface area (Å²) in [4.78, 5) is 26.8.